The van der Waals surface area contributed by atoms with Crippen LogP contribution in [0.2, 0.25) is 0 Å². The fourth-order valence-electron chi connectivity index (χ4n) is 2.57. The Kier molecular flexibility index (Phi) is 3.62. The number of aromatic nitrogens is 2. The van der Waals surface area contributed by atoms with Crippen LogP contribution in [0.5, 0.6) is 5.75 Å². The van der Waals surface area contributed by atoms with E-state index in [-0.39, 0.29) is 23.4 Å². The molecule has 0 radical (unpaired) electrons. The zero-order chi connectivity index (χ0) is 14.8. The molecule has 3 N–H and O–H groups in total. The van der Waals surface area contributed by atoms with Crippen molar-refractivity contribution in [2.24, 2.45) is 5.73 Å². The molecule has 6 heteroatoms. The van der Waals surface area contributed by atoms with E-state index in [0.29, 0.717) is 13.1 Å². The van der Waals surface area contributed by atoms with Gasteiger partial charge in [0.2, 0.25) is 0 Å². The van der Waals surface area contributed by atoms with Gasteiger partial charge in [-0.3, -0.25) is 4.79 Å². The summed E-state index contributed by atoms with van der Waals surface area (Å²) >= 11 is 0. The highest BCUT2D eigenvalue weighted by Gasteiger charge is 2.26. The quantitative estimate of drug-likeness (QED) is 0.867. The SMILES string of the molecule is N[C@@H]1CCCN(C(=O)c2nn(-c3ccccc3)cc2O)C1. The lowest BCUT2D eigenvalue weighted by Crippen LogP contribution is -2.45. The Morgan fingerprint density at radius 3 is 2.81 bits per heavy atom. The van der Waals surface area contributed by atoms with Crippen molar-refractivity contribution in [1.82, 2.24) is 14.7 Å². The normalized spacial score (nSPS) is 18.7. The van der Waals surface area contributed by atoms with Gasteiger partial charge in [0, 0.05) is 19.1 Å². The Labute approximate surface area is 122 Å². The summed E-state index contributed by atoms with van der Waals surface area (Å²) < 4.78 is 1.51. The van der Waals surface area contributed by atoms with E-state index in [4.69, 9.17) is 5.73 Å². The predicted molar refractivity (Wildman–Crippen MR) is 78.3 cm³/mol. The molecule has 21 heavy (non-hydrogen) atoms. The van der Waals surface area contributed by atoms with Crippen molar-refractivity contribution in [2.45, 2.75) is 18.9 Å². The second-order valence-corrected chi connectivity index (χ2v) is 5.30. The molecular weight excluding hydrogens is 268 g/mol. The van der Waals surface area contributed by atoms with Gasteiger partial charge in [0.1, 0.15) is 0 Å². The minimum absolute atomic E-state index is 0.000974. The number of carbonyl (C=O) groups excluding carboxylic acids is 1. The molecule has 1 aliphatic heterocycles. The van der Waals surface area contributed by atoms with Crippen LogP contribution < -0.4 is 5.73 Å². The lowest BCUT2D eigenvalue weighted by atomic mass is 10.1. The molecule has 6 nitrogen and oxygen atoms in total. The number of aromatic hydroxyl groups is 1. The van der Waals surface area contributed by atoms with Crippen LogP contribution in [-0.2, 0) is 0 Å². The molecule has 1 aromatic heterocycles. The Morgan fingerprint density at radius 2 is 2.10 bits per heavy atom. The minimum atomic E-state index is -0.266. The van der Waals surface area contributed by atoms with E-state index in [1.807, 2.05) is 30.3 Å². The van der Waals surface area contributed by atoms with Crippen molar-refractivity contribution in [1.29, 1.82) is 0 Å². The largest absolute Gasteiger partial charge is 0.504 e. The zero-order valence-corrected chi connectivity index (χ0v) is 11.6. The maximum Gasteiger partial charge on any atom is 0.278 e. The van der Waals surface area contributed by atoms with Gasteiger partial charge in [0.15, 0.2) is 11.4 Å². The smallest absolute Gasteiger partial charge is 0.278 e. The van der Waals surface area contributed by atoms with Gasteiger partial charge in [-0.05, 0) is 25.0 Å². The van der Waals surface area contributed by atoms with Crippen LogP contribution in [0.25, 0.3) is 5.69 Å². The van der Waals surface area contributed by atoms with E-state index in [0.717, 1.165) is 18.5 Å². The maximum atomic E-state index is 12.4. The van der Waals surface area contributed by atoms with Crippen molar-refractivity contribution in [3.8, 4) is 11.4 Å². The van der Waals surface area contributed by atoms with Crippen molar-refractivity contribution in [3.05, 3.63) is 42.2 Å². The first kappa shape index (κ1) is 13.6. The molecule has 0 spiro atoms. The van der Waals surface area contributed by atoms with Crippen LogP contribution in [0.1, 0.15) is 23.3 Å². The van der Waals surface area contributed by atoms with E-state index in [9.17, 15) is 9.90 Å². The van der Waals surface area contributed by atoms with Gasteiger partial charge in [-0.15, -0.1) is 0 Å². The van der Waals surface area contributed by atoms with Crippen LogP contribution in [0, 0.1) is 0 Å². The Morgan fingerprint density at radius 1 is 1.33 bits per heavy atom. The summed E-state index contributed by atoms with van der Waals surface area (Å²) in [6.07, 6.45) is 3.26. The number of nitrogens with two attached hydrogens (primary N) is 1. The molecule has 1 saturated heterocycles. The molecular formula is C15H18N4O2. The van der Waals surface area contributed by atoms with Crippen molar-refractivity contribution < 1.29 is 9.90 Å². The number of para-hydroxylation sites is 1. The molecule has 0 aliphatic carbocycles. The highest BCUT2D eigenvalue weighted by Crippen LogP contribution is 2.21. The molecule has 1 fully saturated rings. The first-order valence-corrected chi connectivity index (χ1v) is 7.04. The molecule has 110 valence electrons. The molecule has 2 aromatic rings. The number of benzene rings is 1. The van der Waals surface area contributed by atoms with Gasteiger partial charge in [-0.2, -0.15) is 5.10 Å². The summed E-state index contributed by atoms with van der Waals surface area (Å²) in [4.78, 5) is 14.1. The number of carbonyl (C=O) groups is 1. The van der Waals surface area contributed by atoms with Gasteiger partial charge in [0.05, 0.1) is 11.9 Å². The Hall–Kier alpha value is -2.34. The van der Waals surface area contributed by atoms with Gasteiger partial charge >= 0.3 is 0 Å². The highest BCUT2D eigenvalue weighted by molar-refractivity contribution is 5.95. The second-order valence-electron chi connectivity index (χ2n) is 5.30. The Bertz CT molecular complexity index is 638. The van der Waals surface area contributed by atoms with Crippen LogP contribution in [0.15, 0.2) is 36.5 Å². The van der Waals surface area contributed by atoms with E-state index in [1.165, 1.54) is 10.9 Å². The number of amides is 1. The first-order valence-electron chi connectivity index (χ1n) is 7.04. The topological polar surface area (TPSA) is 84.4 Å². The third-order valence-corrected chi connectivity index (χ3v) is 3.66. The summed E-state index contributed by atoms with van der Waals surface area (Å²) in [6.45, 7) is 1.17. The second kappa shape index (κ2) is 5.57. The predicted octanol–water partition coefficient (Wildman–Crippen LogP) is 1.14. The zero-order valence-electron chi connectivity index (χ0n) is 11.6. The lowest BCUT2D eigenvalue weighted by Gasteiger charge is -2.30. The molecule has 2 heterocycles. The highest BCUT2D eigenvalue weighted by atomic mass is 16.3. The van der Waals surface area contributed by atoms with Crippen LogP contribution >= 0.6 is 0 Å². The number of nitrogens with zero attached hydrogens (tertiary/aromatic N) is 3. The van der Waals surface area contributed by atoms with E-state index < -0.39 is 0 Å². The first-order chi connectivity index (χ1) is 10.1. The minimum Gasteiger partial charge on any atom is -0.504 e. The van der Waals surface area contributed by atoms with Crippen molar-refractivity contribution in [3.63, 3.8) is 0 Å². The van der Waals surface area contributed by atoms with Crippen LogP contribution in [0.3, 0.4) is 0 Å². The van der Waals surface area contributed by atoms with Crippen LogP contribution in [-0.4, -0.2) is 44.8 Å². The molecule has 0 saturated carbocycles. The summed E-state index contributed by atoms with van der Waals surface area (Å²) in [5, 5.41) is 14.2. The maximum absolute atomic E-state index is 12.4. The van der Waals surface area contributed by atoms with E-state index in [2.05, 4.69) is 5.10 Å². The van der Waals surface area contributed by atoms with Crippen LogP contribution in [0.4, 0.5) is 0 Å². The summed E-state index contributed by atoms with van der Waals surface area (Å²) in [7, 11) is 0. The van der Waals surface area contributed by atoms with E-state index >= 15 is 0 Å². The van der Waals surface area contributed by atoms with E-state index in [1.54, 1.807) is 4.90 Å². The van der Waals surface area contributed by atoms with Gasteiger partial charge in [-0.25, -0.2) is 4.68 Å². The third kappa shape index (κ3) is 2.75. The number of hydrogen-bond donors (Lipinski definition) is 2. The fourth-order valence-corrected chi connectivity index (χ4v) is 2.57. The molecule has 3 rings (SSSR count). The number of likely N-dealkylation sites (tertiary alicyclic amines) is 1. The summed E-state index contributed by atoms with van der Waals surface area (Å²) in [5.41, 5.74) is 6.76. The third-order valence-electron chi connectivity index (χ3n) is 3.66. The molecule has 1 amide bonds. The average Bonchev–Trinajstić information content (AvgIpc) is 2.89. The van der Waals surface area contributed by atoms with Gasteiger partial charge < -0.3 is 15.7 Å². The lowest BCUT2D eigenvalue weighted by molar-refractivity contribution is 0.0699. The van der Waals surface area contributed by atoms with Crippen molar-refractivity contribution >= 4 is 5.91 Å². The molecule has 0 unspecified atom stereocenters. The van der Waals surface area contributed by atoms with Gasteiger partial charge in [0.25, 0.3) is 5.91 Å². The summed E-state index contributed by atoms with van der Waals surface area (Å²) in [6, 6.07) is 9.36. The fraction of sp³-hybridized carbons (Fsp3) is 0.333. The number of hydrogen-bond acceptors (Lipinski definition) is 4. The summed E-state index contributed by atoms with van der Waals surface area (Å²) in [5.74, 6) is -0.375. The standard InChI is InChI=1S/C15H18N4O2/c16-11-5-4-8-18(9-11)15(21)14-13(20)10-19(17-14)12-6-2-1-3-7-12/h1-3,6-7,10-11,20H,4-5,8-9,16H2/t11-/m1/s1. The molecule has 0 bridgehead atoms. The van der Waals surface area contributed by atoms with Gasteiger partial charge in [-0.1, -0.05) is 18.2 Å². The molecule has 1 aromatic carbocycles. The average molecular weight is 286 g/mol. The van der Waals surface area contributed by atoms with Crippen molar-refractivity contribution in [2.75, 3.05) is 13.1 Å². The molecule has 1 aliphatic rings. The molecule has 1 atom stereocenters. The number of rotatable bonds is 2. The Balaban J connectivity index is 1.86. The monoisotopic (exact) mass is 286 g/mol. The number of piperidine rings is 1.